The zero-order valence-electron chi connectivity index (χ0n) is 56.8. The Hall–Kier alpha value is -8.46. The minimum atomic E-state index is -1.41. The molecule has 16 rings (SSSR count). The maximum absolute atomic E-state index is 9.31. The van der Waals surface area contributed by atoms with Crippen molar-refractivity contribution in [2.75, 3.05) is 0 Å². The van der Waals surface area contributed by atoms with E-state index in [1.54, 1.807) is 28.7 Å². The lowest BCUT2D eigenvalue weighted by atomic mass is 9.80. The van der Waals surface area contributed by atoms with Gasteiger partial charge in [-0.3, -0.25) is 0 Å². The maximum Gasteiger partial charge on any atom is 0.489 e. The molecule has 368 valence electrons. The number of hydrogen-bond acceptors (Lipinski definition) is 4. The van der Waals surface area contributed by atoms with Gasteiger partial charge in [-0.2, -0.15) is 0 Å². The van der Waals surface area contributed by atoms with Gasteiger partial charge in [-0.15, -0.1) is 22.7 Å². The van der Waals surface area contributed by atoms with Gasteiger partial charge < -0.3 is 10.0 Å². The summed E-state index contributed by atoms with van der Waals surface area (Å²) in [5, 5.41) is 28.3. The fraction of sp³-hybridized carbons (Fsp3) is 0. The van der Waals surface area contributed by atoms with E-state index in [2.05, 4.69) is 22.0 Å². The lowest BCUT2D eigenvalue weighted by Gasteiger charge is -2.18. The monoisotopic (exact) mass is 1110 g/mol. The maximum atomic E-state index is 9.31. The second kappa shape index (κ2) is 20.2. The SMILES string of the molecule is OB(O)c1cccc2c1sc1ccccc12.[2H]c1c([2H])c([2H])c2c(-c3ccc4ccccc4c3)c3c([2H])c([2H])c([2H])c([2H])c3c(Br)c2c1[2H].[2H]c1c([2H])c([2H])c2c(-c3cccc4c3sc3ccccc34)c3c([2H])c([2H])c([2H])c([2H])c3c(-c3ccc4ccccc4c3)c2c1[2H]. The van der Waals surface area contributed by atoms with E-state index in [4.69, 9.17) is 16.4 Å². The second-order valence-electron chi connectivity index (χ2n) is 18.5. The Bertz CT molecular complexity index is 5820. The van der Waals surface area contributed by atoms with E-state index in [-0.39, 0.29) is 95.9 Å². The van der Waals surface area contributed by atoms with Gasteiger partial charge in [0.15, 0.2) is 0 Å². The Morgan fingerprint density at radius 3 is 1.19 bits per heavy atom. The second-order valence-corrected chi connectivity index (χ2v) is 21.4. The van der Waals surface area contributed by atoms with E-state index in [9.17, 15) is 15.5 Å². The first-order valence-electron chi connectivity index (χ1n) is 32.8. The number of rotatable bonds is 4. The van der Waals surface area contributed by atoms with E-state index in [1.165, 1.54) is 10.1 Å². The Morgan fingerprint density at radius 2 is 0.705 bits per heavy atom. The molecule has 0 radical (unpaired) electrons. The fourth-order valence-electron chi connectivity index (χ4n) is 10.7. The molecule has 0 atom stereocenters. The van der Waals surface area contributed by atoms with Crippen molar-refractivity contribution in [2.24, 2.45) is 0 Å². The zero-order chi connectivity index (χ0) is 66.2. The smallest absolute Gasteiger partial charge is 0.423 e. The Morgan fingerprint density at radius 1 is 0.333 bits per heavy atom. The van der Waals surface area contributed by atoms with Gasteiger partial charge in [0.2, 0.25) is 0 Å². The standard InChI is InChI=1S/C36H22S.C24H15Br.C12H9BO2S/c1-2-11-24-22-25(21-20-23(24)10-1)34-27-13-3-5-15-29(27)35(30-16-6-4-14-28(30)34)32-18-9-17-31-26-12-7-8-19-33(26)37-36(31)32;25-24-21-11-5-3-9-19(21)23(20-10-4-6-12-22(20)24)18-14-13-16-7-1-2-8-17(16)15-18;14-13(15)10-6-3-5-9-8-4-1-2-7-11(8)16-12(9)10/h1-22H;1-15H;1-7,14-15H/i3D,4D,5D,6D,13D,14D,15D,16D;3D,4D,5D,6D,9D,10D,11D,12D;. The van der Waals surface area contributed by atoms with Crippen molar-refractivity contribution in [3.63, 3.8) is 0 Å². The van der Waals surface area contributed by atoms with Gasteiger partial charge in [0.1, 0.15) is 0 Å². The summed E-state index contributed by atoms with van der Waals surface area (Å²) in [5.41, 5.74) is 3.53. The largest absolute Gasteiger partial charge is 0.489 e. The molecule has 14 aromatic carbocycles. The van der Waals surface area contributed by atoms with Crippen molar-refractivity contribution in [2.45, 2.75) is 0 Å². The van der Waals surface area contributed by atoms with Gasteiger partial charge in [0, 0.05) is 45.0 Å². The van der Waals surface area contributed by atoms with Gasteiger partial charge in [-0.05, 0) is 143 Å². The molecule has 0 aliphatic rings. The molecule has 0 bridgehead atoms. The van der Waals surface area contributed by atoms with E-state index >= 15 is 0 Å². The molecule has 0 saturated carbocycles. The molecule has 0 fully saturated rings. The zero-order valence-corrected chi connectivity index (χ0v) is 44.1. The van der Waals surface area contributed by atoms with Crippen molar-refractivity contribution < 1.29 is 32.0 Å². The van der Waals surface area contributed by atoms with Crippen LogP contribution >= 0.6 is 38.6 Å². The van der Waals surface area contributed by atoms with Crippen LogP contribution in [-0.4, -0.2) is 17.2 Å². The molecule has 6 heteroatoms. The molecule has 78 heavy (non-hydrogen) atoms. The van der Waals surface area contributed by atoms with E-state index in [0.717, 1.165) is 51.8 Å². The van der Waals surface area contributed by atoms with Gasteiger partial charge in [-0.25, -0.2) is 0 Å². The lowest BCUT2D eigenvalue weighted by molar-refractivity contribution is 0.426. The molecule has 2 nitrogen and oxygen atoms in total. The summed E-state index contributed by atoms with van der Waals surface area (Å²) < 4.78 is 143. The number of benzene rings is 14. The first-order chi connectivity index (χ1) is 45.1. The predicted molar refractivity (Wildman–Crippen MR) is 344 cm³/mol. The third kappa shape index (κ3) is 8.33. The summed E-state index contributed by atoms with van der Waals surface area (Å²) in [7, 11) is -1.41. The number of hydrogen-bond donors (Lipinski definition) is 2. The average molecular weight is 1110 g/mol. The van der Waals surface area contributed by atoms with Crippen LogP contribution in [0.5, 0.6) is 0 Å². The Labute approximate surface area is 490 Å². The van der Waals surface area contributed by atoms with Crippen molar-refractivity contribution in [1.82, 2.24) is 0 Å². The van der Waals surface area contributed by atoms with Crippen LogP contribution in [0.2, 0.25) is 0 Å². The number of thiophene rings is 2. The van der Waals surface area contributed by atoms with E-state index in [1.807, 2.05) is 158 Å². The topological polar surface area (TPSA) is 40.5 Å². The Kier molecular flexibility index (Phi) is 8.70. The van der Waals surface area contributed by atoms with Gasteiger partial charge >= 0.3 is 7.12 Å². The lowest BCUT2D eigenvalue weighted by Crippen LogP contribution is -2.29. The third-order valence-corrected chi connectivity index (χ3v) is 17.4. The van der Waals surface area contributed by atoms with Crippen molar-refractivity contribution in [1.29, 1.82) is 0 Å². The highest BCUT2D eigenvalue weighted by molar-refractivity contribution is 9.10. The minimum Gasteiger partial charge on any atom is -0.423 e. The summed E-state index contributed by atoms with van der Waals surface area (Å²) in [4.78, 5) is 0. The Balaban J connectivity index is 0.000000135. The molecule has 0 amide bonds. The van der Waals surface area contributed by atoms with Crippen LogP contribution in [0.1, 0.15) is 21.9 Å². The summed E-state index contributed by atoms with van der Waals surface area (Å²) in [6, 6.07) is 48.9. The molecular formula is C72H46BBrO2S2. The molecule has 2 aromatic heterocycles. The molecule has 2 heterocycles. The van der Waals surface area contributed by atoms with Crippen LogP contribution in [-0.2, 0) is 0 Å². The first-order valence-corrected chi connectivity index (χ1v) is 27.3. The van der Waals surface area contributed by atoms with Crippen LogP contribution in [0.4, 0.5) is 0 Å². The molecule has 0 spiro atoms. The fourth-order valence-corrected chi connectivity index (χ4v) is 13.7. The highest BCUT2D eigenvalue weighted by atomic mass is 79.9. The van der Waals surface area contributed by atoms with Crippen LogP contribution in [0.15, 0.2) is 271 Å². The van der Waals surface area contributed by atoms with Crippen LogP contribution in [0.25, 0.3) is 138 Å². The van der Waals surface area contributed by atoms with Crippen molar-refractivity contribution in [3.8, 4) is 33.4 Å². The molecule has 16 aromatic rings. The minimum absolute atomic E-state index is 0.182. The molecular weight excluding hydrogens is 1050 g/mol. The first kappa shape index (κ1) is 33.6. The number of fused-ring (bicyclic) bond motifs is 12. The van der Waals surface area contributed by atoms with Crippen LogP contribution in [0, 0.1) is 0 Å². The van der Waals surface area contributed by atoms with Gasteiger partial charge in [0.05, 0.1) is 21.9 Å². The number of halogens is 1. The van der Waals surface area contributed by atoms with Crippen LogP contribution in [0.3, 0.4) is 0 Å². The van der Waals surface area contributed by atoms with E-state index in [0.29, 0.717) is 38.8 Å². The van der Waals surface area contributed by atoms with E-state index < -0.39 is 55.5 Å². The molecule has 2 N–H and O–H groups in total. The highest BCUT2D eigenvalue weighted by Gasteiger charge is 2.21. The molecule has 0 aliphatic carbocycles. The third-order valence-electron chi connectivity index (χ3n) is 14.2. The summed E-state index contributed by atoms with van der Waals surface area (Å²) in [5.74, 6) is 0. The summed E-state index contributed by atoms with van der Waals surface area (Å²) >= 11 is 6.57. The van der Waals surface area contributed by atoms with Gasteiger partial charge in [-0.1, -0.05) is 242 Å². The average Bonchev–Trinajstić information content (AvgIpc) is 0.762. The molecule has 0 unspecified atom stereocenters. The normalized spacial score (nSPS) is 14.4. The quantitative estimate of drug-likeness (QED) is 0.136. The van der Waals surface area contributed by atoms with Crippen LogP contribution < -0.4 is 5.46 Å². The highest BCUT2D eigenvalue weighted by Crippen LogP contribution is 2.48. The van der Waals surface area contributed by atoms with Crippen molar-refractivity contribution in [3.05, 3.63) is 271 Å². The predicted octanol–water partition coefficient (Wildman–Crippen LogP) is 20.2. The van der Waals surface area contributed by atoms with Gasteiger partial charge in [0.25, 0.3) is 0 Å². The summed E-state index contributed by atoms with van der Waals surface area (Å²) in [6.07, 6.45) is 0. The summed E-state index contributed by atoms with van der Waals surface area (Å²) in [6.45, 7) is 0. The molecule has 0 aliphatic heterocycles. The molecule has 0 saturated heterocycles. The van der Waals surface area contributed by atoms with Crippen molar-refractivity contribution >= 4 is 156 Å².